The highest BCUT2D eigenvalue weighted by Gasteiger charge is 2.44. The van der Waals surface area contributed by atoms with Crippen LogP contribution in [0.3, 0.4) is 0 Å². The van der Waals surface area contributed by atoms with Crippen LogP contribution in [0.5, 0.6) is 0 Å². The summed E-state index contributed by atoms with van der Waals surface area (Å²) >= 11 is 1.82. The number of para-hydroxylation sites is 2. The predicted molar refractivity (Wildman–Crippen MR) is 437 cm³/mol. The second-order valence-corrected chi connectivity index (χ2v) is 30.1. The fraction of sp³-hybridized carbons (Fsp3) is 0.0816. The third-order valence-corrected chi connectivity index (χ3v) is 21.8. The van der Waals surface area contributed by atoms with Crippen molar-refractivity contribution >= 4 is 73.7 Å². The van der Waals surface area contributed by atoms with Gasteiger partial charge < -0.3 is 9.47 Å². The van der Waals surface area contributed by atoms with E-state index in [1.807, 2.05) is 17.8 Å². The van der Waals surface area contributed by atoms with Gasteiger partial charge in [-0.2, -0.15) is 0 Å². The molecule has 0 amide bonds. The molecule has 486 valence electrons. The van der Waals surface area contributed by atoms with Gasteiger partial charge in [0, 0.05) is 48.8 Å². The minimum Gasteiger partial charge on any atom is -0.310 e. The number of nitrogens with zero attached hydrogens (tertiary/aromatic N) is 2. The molecule has 0 unspecified atom stereocenters. The molecule has 2 nitrogen and oxygen atoms in total. The molecule has 4 heteroatoms. The number of fused-ring (bicyclic) bond motifs is 7. The number of anilines is 3. The number of benzene rings is 15. The Kier molecular flexibility index (Phi) is 13.4. The molecule has 16 aromatic rings. The normalized spacial score (nSPS) is 13.6. The van der Waals surface area contributed by atoms with Gasteiger partial charge in [0.2, 0.25) is 6.71 Å². The summed E-state index contributed by atoms with van der Waals surface area (Å²) in [7, 11) is 0. The zero-order valence-corrected chi connectivity index (χ0v) is 58.5. The van der Waals surface area contributed by atoms with Crippen molar-refractivity contribution in [3.8, 4) is 106 Å². The minimum absolute atomic E-state index is 0.0167. The lowest BCUT2D eigenvalue weighted by molar-refractivity contribution is 0.589. The van der Waals surface area contributed by atoms with Crippen molar-refractivity contribution in [2.24, 2.45) is 0 Å². The van der Waals surface area contributed by atoms with Crippen LogP contribution in [-0.4, -0.2) is 11.3 Å². The Bertz CT molecular complexity index is 6170. The van der Waals surface area contributed by atoms with Crippen LogP contribution in [-0.2, 0) is 10.8 Å². The lowest BCUT2D eigenvalue weighted by Gasteiger charge is -2.43. The summed E-state index contributed by atoms with van der Waals surface area (Å²) in [6, 6.07) is 104. The van der Waals surface area contributed by atoms with E-state index in [1.165, 1.54) is 0 Å². The van der Waals surface area contributed by atoms with Crippen molar-refractivity contribution in [2.45, 2.75) is 62.2 Å². The second-order valence-electron chi connectivity index (χ2n) is 29.0. The number of hydrogen-bond donors (Lipinski definition) is 0. The quantitative estimate of drug-likeness (QED) is 0.119. The van der Waals surface area contributed by atoms with E-state index >= 15 is 0 Å². The molecule has 1 aromatic heterocycles. The van der Waals surface area contributed by atoms with E-state index in [-0.39, 0.29) is 56.8 Å². The summed E-state index contributed by atoms with van der Waals surface area (Å²) in [5.74, 6) is 0. The Morgan fingerprint density at radius 1 is 0.314 bits per heavy atom. The zero-order valence-electron chi connectivity index (χ0n) is 65.7. The van der Waals surface area contributed by atoms with Crippen molar-refractivity contribution in [3.63, 3.8) is 0 Å². The molecular weight excluding hydrogens is 1250 g/mol. The lowest BCUT2D eigenvalue weighted by Crippen LogP contribution is -2.60. The van der Waals surface area contributed by atoms with Crippen LogP contribution in [0.25, 0.3) is 128 Å². The van der Waals surface area contributed by atoms with Gasteiger partial charge in [-0.15, -0.1) is 0 Å². The second kappa shape index (κ2) is 25.2. The van der Waals surface area contributed by atoms with Gasteiger partial charge in [0.15, 0.2) is 0 Å². The molecule has 18 rings (SSSR count). The third kappa shape index (κ3) is 11.2. The van der Waals surface area contributed by atoms with E-state index in [9.17, 15) is 8.22 Å². The fourth-order valence-corrected chi connectivity index (χ4v) is 16.6. The summed E-state index contributed by atoms with van der Waals surface area (Å²) in [6.07, 6.45) is 0. The molecule has 0 spiro atoms. The molecule has 0 saturated heterocycles. The Balaban J connectivity index is 0.976. The van der Waals surface area contributed by atoms with Gasteiger partial charge in [-0.25, -0.2) is 0 Å². The van der Waals surface area contributed by atoms with Crippen molar-refractivity contribution in [1.29, 1.82) is 0 Å². The first kappa shape index (κ1) is 54.2. The van der Waals surface area contributed by atoms with Crippen LogP contribution in [0.4, 0.5) is 17.1 Å². The van der Waals surface area contributed by atoms with Gasteiger partial charge in [-0.1, -0.05) is 319 Å². The molecule has 0 fully saturated rings. The molecule has 2 aliphatic rings. The first-order valence-corrected chi connectivity index (χ1v) is 35.9. The van der Waals surface area contributed by atoms with Crippen LogP contribution in [0, 0.1) is 0 Å². The van der Waals surface area contributed by atoms with Crippen LogP contribution < -0.4 is 21.3 Å². The summed E-state index contributed by atoms with van der Waals surface area (Å²) in [5, 5.41) is 0.0333. The van der Waals surface area contributed by atoms with Gasteiger partial charge in [-0.3, -0.25) is 0 Å². The van der Waals surface area contributed by atoms with E-state index in [0.29, 0.717) is 5.69 Å². The maximum Gasteiger partial charge on any atom is 0.249 e. The predicted octanol–water partition coefficient (Wildman–Crippen LogP) is 25.1. The summed E-state index contributed by atoms with van der Waals surface area (Å²) in [5.41, 5.74) is 27.2. The zero-order chi connectivity index (χ0) is 75.8. The highest BCUT2D eigenvalue weighted by atomic mass is 32.2. The van der Waals surface area contributed by atoms with Gasteiger partial charge in [0.25, 0.3) is 0 Å². The molecule has 0 bridgehead atoms. The van der Waals surface area contributed by atoms with Gasteiger partial charge >= 0.3 is 0 Å². The monoisotopic (exact) mass is 1330 g/mol. The Morgan fingerprint density at radius 2 is 0.706 bits per heavy atom. The molecule has 0 N–H and O–H groups in total. The SMILES string of the molecule is [2H]c1c([2H])c([2H])c2c(c1[2H])c1c([2H])c([2H])c([2H])c([2H])c1n2-c1ccc2c(c1)N(c1c(-c3ccccc3)cc(C(C)(C)C)cc1-c1ccccc1)c1cc(C(C)(C)C)cc3c1B2c1cc(-c2cc(-c4cccc(-c5ccccc5)c4)cc(-c4cccc(-c5ccccc5)c4)c2)cc(-c2ccc(-c4ccccc4)cc2)c1S3. The molecule has 0 radical (unpaired) electrons. The Hall–Kier alpha value is -11.7. The van der Waals surface area contributed by atoms with Gasteiger partial charge in [0.1, 0.15) is 0 Å². The van der Waals surface area contributed by atoms with Crippen LogP contribution in [0.1, 0.15) is 63.6 Å². The summed E-state index contributed by atoms with van der Waals surface area (Å²) in [6.45, 7) is 13.2. The molecule has 102 heavy (non-hydrogen) atoms. The molecular formula is C98H75BN2S. The van der Waals surface area contributed by atoms with Crippen molar-refractivity contribution < 1.29 is 11.0 Å². The van der Waals surface area contributed by atoms with Crippen molar-refractivity contribution in [2.75, 3.05) is 4.90 Å². The molecule has 0 aliphatic carbocycles. The van der Waals surface area contributed by atoms with Crippen LogP contribution in [0.15, 0.2) is 355 Å². The largest absolute Gasteiger partial charge is 0.310 e. The van der Waals surface area contributed by atoms with Crippen LogP contribution in [0.2, 0.25) is 0 Å². The maximum atomic E-state index is 9.84. The average Bonchev–Trinajstić information content (AvgIpc) is 1.05. The number of aromatic nitrogens is 1. The van der Waals surface area contributed by atoms with Gasteiger partial charge in [-0.05, 0) is 207 Å². The first-order valence-electron chi connectivity index (χ1n) is 39.1. The maximum absolute atomic E-state index is 9.84. The molecule has 15 aromatic carbocycles. The topological polar surface area (TPSA) is 8.17 Å². The van der Waals surface area contributed by atoms with E-state index < -0.39 is 30.9 Å². The summed E-state index contributed by atoms with van der Waals surface area (Å²) in [4.78, 5) is 4.69. The molecule has 0 saturated carbocycles. The van der Waals surface area contributed by atoms with Crippen LogP contribution >= 0.6 is 11.8 Å². The number of hydrogen-bond acceptors (Lipinski definition) is 2. The molecule has 0 atom stereocenters. The summed E-state index contributed by atoms with van der Waals surface area (Å²) < 4.78 is 77.2. The van der Waals surface area contributed by atoms with E-state index in [4.69, 9.17) is 2.74 Å². The first-order chi connectivity index (χ1) is 53.1. The Labute approximate surface area is 615 Å². The minimum atomic E-state index is -0.495. The van der Waals surface area contributed by atoms with E-state index in [1.54, 1.807) is 4.57 Å². The highest BCUT2D eigenvalue weighted by Crippen LogP contribution is 2.53. The third-order valence-electron chi connectivity index (χ3n) is 20.6. The molecule has 3 heterocycles. The van der Waals surface area contributed by atoms with Crippen molar-refractivity contribution in [1.82, 2.24) is 4.57 Å². The lowest BCUT2D eigenvalue weighted by atomic mass is 9.34. The van der Waals surface area contributed by atoms with E-state index in [0.717, 1.165) is 155 Å². The van der Waals surface area contributed by atoms with Gasteiger partial charge in [0.05, 0.1) is 27.7 Å². The van der Waals surface area contributed by atoms with Crippen molar-refractivity contribution in [3.05, 3.63) is 357 Å². The standard InChI is InChI=1S/C98H75BN2S/c1-97(2,3)79-59-84(68-34-18-10-19-35-68)95(85(60-79)69-36-20-11-21-37-69)101-91-63-81(100-89-44-24-22-42-82(89)83-43-23-25-45-90(83)100)50-51-87(91)99-88-58-78(57-86(70-48-46-67(47-49-70)64-28-12-7-13-29-64)96(88)102-93-62-80(98(4,5)6)61-92(101)94(93)99)77-55-75(73-40-26-38-71(52-73)65-30-14-8-15-31-65)54-76(56-77)74-41-27-39-72(53-74)66-32-16-9-17-33-66/h7-63H,1-6H3/i22D,23D,24D,25D,42D,43D,44D,45D. The average molecular weight is 1330 g/mol. The number of rotatable bonds is 11. The van der Waals surface area contributed by atoms with E-state index in [2.05, 4.69) is 338 Å². The smallest absolute Gasteiger partial charge is 0.249 e. The Morgan fingerprint density at radius 3 is 1.21 bits per heavy atom. The highest BCUT2D eigenvalue weighted by molar-refractivity contribution is 8.00. The molecule has 2 aliphatic heterocycles. The fourth-order valence-electron chi connectivity index (χ4n) is 15.3.